The van der Waals surface area contributed by atoms with Crippen molar-refractivity contribution in [1.29, 1.82) is 0 Å². The van der Waals surface area contributed by atoms with Gasteiger partial charge in [0.15, 0.2) is 6.04 Å². The van der Waals surface area contributed by atoms with Crippen LogP contribution in [0.15, 0.2) is 89.8 Å². The van der Waals surface area contributed by atoms with Crippen molar-refractivity contribution in [3.63, 3.8) is 0 Å². The molecule has 3 aromatic rings. The van der Waals surface area contributed by atoms with Crippen LogP contribution >= 0.6 is 24.2 Å². The molecule has 3 atom stereocenters. The number of anilines is 1. The van der Waals surface area contributed by atoms with Crippen LogP contribution in [-0.2, 0) is 36.8 Å². The van der Waals surface area contributed by atoms with Crippen LogP contribution in [0.3, 0.4) is 0 Å². The molecule has 0 unspecified atom stereocenters. The van der Waals surface area contributed by atoms with Crippen molar-refractivity contribution in [2.75, 3.05) is 17.4 Å². The summed E-state index contributed by atoms with van der Waals surface area (Å²) in [6.45, 7) is 3.16. The first-order valence-corrected chi connectivity index (χ1v) is 14.9. The van der Waals surface area contributed by atoms with Crippen LogP contribution in [-0.4, -0.2) is 64.4 Å². The van der Waals surface area contributed by atoms with Crippen molar-refractivity contribution < 1.29 is 29.0 Å². The molecule has 1 heterocycles. The molecule has 1 aliphatic rings. The predicted molar refractivity (Wildman–Crippen MR) is 168 cm³/mol. The molecule has 0 saturated carbocycles. The fraction of sp³-hybridized carbons (Fsp3) is 0.312. The lowest BCUT2D eigenvalue weighted by Crippen LogP contribution is -2.62. The van der Waals surface area contributed by atoms with Gasteiger partial charge in [-0.1, -0.05) is 72.8 Å². The van der Waals surface area contributed by atoms with E-state index < -0.39 is 41.9 Å². The van der Waals surface area contributed by atoms with Crippen LogP contribution in [0.4, 0.5) is 5.69 Å². The molecule has 0 bridgehead atoms. The average Bonchev–Trinajstić information content (AvgIpc) is 3.12. The number of rotatable bonds is 12. The zero-order chi connectivity index (χ0) is 30.1. The summed E-state index contributed by atoms with van der Waals surface area (Å²) in [5.74, 6) is -2.59. The normalized spacial score (nSPS) is 15.7. The summed E-state index contributed by atoms with van der Waals surface area (Å²) in [6.07, 6.45) is 0.953. The molecule has 0 aliphatic carbocycles. The van der Waals surface area contributed by atoms with Gasteiger partial charge >= 0.3 is 11.9 Å². The molecule has 11 heteroatoms. The Bertz CT molecular complexity index is 1390. The molecule has 0 aromatic heterocycles. The summed E-state index contributed by atoms with van der Waals surface area (Å²) < 4.78 is 5.34. The molecule has 0 saturated heterocycles. The Hall–Kier alpha value is -3.86. The number of ether oxygens (including phenoxy) is 1. The summed E-state index contributed by atoms with van der Waals surface area (Å²) in [4.78, 5) is 53.9. The van der Waals surface area contributed by atoms with Gasteiger partial charge in [-0.15, -0.1) is 24.2 Å². The maximum absolute atomic E-state index is 14.3. The van der Waals surface area contributed by atoms with Gasteiger partial charge in [-0.05, 0) is 43.0 Å². The molecular weight excluding hydrogens is 590 g/mol. The Labute approximate surface area is 262 Å². The van der Waals surface area contributed by atoms with Crippen molar-refractivity contribution >= 4 is 53.6 Å². The minimum Gasteiger partial charge on any atom is -0.480 e. The lowest BCUT2D eigenvalue weighted by atomic mass is 10.0. The molecule has 0 spiro atoms. The number of para-hydroxylation sites is 1. The third kappa shape index (κ3) is 8.59. The minimum absolute atomic E-state index is 0. The quantitative estimate of drug-likeness (QED) is 0.282. The number of thioether (sulfide) groups is 1. The number of hydrogen-bond donors (Lipinski definition) is 2. The third-order valence-corrected chi connectivity index (χ3v) is 8.09. The fourth-order valence-electron chi connectivity index (χ4n) is 4.93. The van der Waals surface area contributed by atoms with Gasteiger partial charge in [0, 0.05) is 24.0 Å². The number of aliphatic carboxylic acids is 1. The van der Waals surface area contributed by atoms with Crippen molar-refractivity contribution in [2.24, 2.45) is 0 Å². The van der Waals surface area contributed by atoms with Crippen molar-refractivity contribution in [3.05, 3.63) is 96.1 Å². The van der Waals surface area contributed by atoms with E-state index in [1.807, 2.05) is 48.5 Å². The van der Waals surface area contributed by atoms with E-state index in [2.05, 4.69) is 5.32 Å². The molecule has 228 valence electrons. The molecule has 0 radical (unpaired) electrons. The molecule has 1 aliphatic heterocycles. The number of carbonyl (C=O) groups excluding carboxylic acids is 3. The Morgan fingerprint density at radius 1 is 1.00 bits per heavy atom. The maximum Gasteiger partial charge on any atom is 0.328 e. The SMILES string of the molecule is CCOC(=O)[C@H](CCc1ccccc1)N[C@H]1CSc2ccccc2N(N(C(C)=O)[C@@H](Cc2ccccc2)C(=O)O)C1=O.Cl. The second-order valence-corrected chi connectivity index (χ2v) is 10.9. The molecule has 4 rings (SSSR count). The number of benzene rings is 3. The molecule has 0 fully saturated rings. The number of fused-ring (bicyclic) bond motifs is 1. The van der Waals surface area contributed by atoms with Crippen LogP contribution in [0.2, 0.25) is 0 Å². The van der Waals surface area contributed by atoms with Crippen molar-refractivity contribution in [2.45, 2.75) is 56.1 Å². The van der Waals surface area contributed by atoms with E-state index in [0.29, 0.717) is 29.0 Å². The number of nitrogens with zero attached hydrogens (tertiary/aromatic N) is 2. The number of nitrogens with one attached hydrogen (secondary N) is 1. The summed E-state index contributed by atoms with van der Waals surface area (Å²) in [5.41, 5.74) is 2.15. The standard InChI is InChI=1S/C32H35N3O6S.ClH/c1-3-41-32(40)25(19-18-23-12-6-4-7-13-23)33-26-21-42-29-17-11-10-16-27(29)35(30(26)37)34(22(2)36)28(31(38)39)20-24-14-8-5-9-15-24;/h4-17,25-26,28,33H,3,18-21H2,1-2H3,(H,38,39);1H/t25-,26-,28-;/m0./s1. The monoisotopic (exact) mass is 625 g/mol. The van der Waals surface area contributed by atoms with Crippen LogP contribution < -0.4 is 10.3 Å². The number of esters is 1. The average molecular weight is 626 g/mol. The summed E-state index contributed by atoms with van der Waals surface area (Å²) >= 11 is 1.40. The predicted octanol–water partition coefficient (Wildman–Crippen LogP) is 4.53. The number of amides is 2. The van der Waals surface area contributed by atoms with Gasteiger partial charge in [-0.25, -0.2) is 14.8 Å². The lowest BCUT2D eigenvalue weighted by Gasteiger charge is -2.39. The van der Waals surface area contributed by atoms with Gasteiger partial charge in [0.05, 0.1) is 18.3 Å². The Morgan fingerprint density at radius 3 is 2.21 bits per heavy atom. The first kappa shape index (κ1) is 33.6. The van der Waals surface area contributed by atoms with Gasteiger partial charge in [-0.2, -0.15) is 0 Å². The number of carboxylic acids is 1. The number of hydrazine groups is 1. The number of carboxylic acid groups (broad SMARTS) is 1. The number of hydrogen-bond acceptors (Lipinski definition) is 7. The van der Waals surface area contributed by atoms with Gasteiger partial charge < -0.3 is 9.84 Å². The van der Waals surface area contributed by atoms with Crippen LogP contribution in [0.1, 0.15) is 31.4 Å². The second kappa shape index (κ2) is 16.1. The van der Waals surface area contributed by atoms with Gasteiger partial charge in [0.25, 0.3) is 5.91 Å². The third-order valence-electron chi connectivity index (χ3n) is 6.93. The van der Waals surface area contributed by atoms with E-state index in [1.165, 1.54) is 23.7 Å². The second-order valence-electron chi connectivity index (χ2n) is 9.88. The smallest absolute Gasteiger partial charge is 0.328 e. The fourth-order valence-corrected chi connectivity index (χ4v) is 5.99. The van der Waals surface area contributed by atoms with Crippen molar-refractivity contribution in [3.8, 4) is 0 Å². The highest BCUT2D eigenvalue weighted by atomic mass is 35.5. The molecule has 2 amide bonds. The molecular formula is C32H36ClN3O6S. The largest absolute Gasteiger partial charge is 0.480 e. The van der Waals surface area contributed by atoms with E-state index in [4.69, 9.17) is 4.74 Å². The highest BCUT2D eigenvalue weighted by Crippen LogP contribution is 2.36. The topological polar surface area (TPSA) is 116 Å². The maximum atomic E-state index is 14.3. The first-order valence-electron chi connectivity index (χ1n) is 13.9. The summed E-state index contributed by atoms with van der Waals surface area (Å²) in [7, 11) is 0. The van der Waals surface area contributed by atoms with Crippen LogP contribution in [0.25, 0.3) is 0 Å². The first-order chi connectivity index (χ1) is 20.3. The number of aryl methyl sites for hydroxylation is 1. The highest BCUT2D eigenvalue weighted by molar-refractivity contribution is 7.99. The van der Waals surface area contributed by atoms with Gasteiger partial charge in [-0.3, -0.25) is 19.7 Å². The molecule has 9 nitrogen and oxygen atoms in total. The Morgan fingerprint density at radius 2 is 1.60 bits per heavy atom. The van der Waals surface area contributed by atoms with E-state index in [0.717, 1.165) is 10.6 Å². The van der Waals surface area contributed by atoms with Crippen LogP contribution in [0, 0.1) is 0 Å². The number of carbonyl (C=O) groups is 4. The van der Waals surface area contributed by atoms with Crippen LogP contribution in [0.5, 0.6) is 0 Å². The number of halogens is 1. The van der Waals surface area contributed by atoms with E-state index in [1.54, 1.807) is 43.3 Å². The van der Waals surface area contributed by atoms with E-state index in [-0.39, 0.29) is 31.2 Å². The molecule has 3 aromatic carbocycles. The summed E-state index contributed by atoms with van der Waals surface area (Å²) in [6, 6.07) is 22.7. The van der Waals surface area contributed by atoms with Gasteiger partial charge in [0.2, 0.25) is 5.91 Å². The van der Waals surface area contributed by atoms with E-state index in [9.17, 15) is 24.3 Å². The van der Waals surface area contributed by atoms with Gasteiger partial charge in [0.1, 0.15) is 6.04 Å². The highest BCUT2D eigenvalue weighted by Gasteiger charge is 2.42. The molecule has 2 N–H and O–H groups in total. The van der Waals surface area contributed by atoms with Crippen molar-refractivity contribution in [1.82, 2.24) is 10.3 Å². The lowest BCUT2D eigenvalue weighted by molar-refractivity contribution is -0.151. The molecule has 43 heavy (non-hydrogen) atoms. The Kier molecular flexibility index (Phi) is 12.6. The zero-order valence-corrected chi connectivity index (χ0v) is 25.7. The summed E-state index contributed by atoms with van der Waals surface area (Å²) in [5, 5.41) is 15.7. The zero-order valence-electron chi connectivity index (χ0n) is 24.0. The Balaban J connectivity index is 0.00000506. The van der Waals surface area contributed by atoms with E-state index >= 15 is 0 Å². The minimum atomic E-state index is -1.36.